The molecule has 0 saturated carbocycles. The maximum atomic E-state index is 10.1. The lowest BCUT2D eigenvalue weighted by Crippen LogP contribution is -2.33. The van der Waals surface area contributed by atoms with Gasteiger partial charge in [0.25, 0.3) is 0 Å². The molecule has 0 unspecified atom stereocenters. The molecule has 7 nitrogen and oxygen atoms in total. The Balaban J connectivity index is 3.52. The minimum Gasteiger partial charge on any atom is -0.481 e. The van der Waals surface area contributed by atoms with Crippen LogP contribution < -0.4 is 11.1 Å². The molecule has 0 aromatic carbocycles. The van der Waals surface area contributed by atoms with Gasteiger partial charge in [-0.05, 0) is 6.42 Å². The largest absolute Gasteiger partial charge is 0.481 e. The van der Waals surface area contributed by atoms with Gasteiger partial charge >= 0.3 is 11.9 Å². The molecular weight excluding hydrogens is 190 g/mol. The van der Waals surface area contributed by atoms with Gasteiger partial charge in [0.1, 0.15) is 6.54 Å². The lowest BCUT2D eigenvalue weighted by atomic mass is 10.3. The quantitative estimate of drug-likeness (QED) is 0.245. The van der Waals surface area contributed by atoms with Crippen LogP contribution in [-0.2, 0) is 9.59 Å². The predicted octanol–water partition coefficient (Wildman–Crippen LogP) is -1.16. The van der Waals surface area contributed by atoms with Gasteiger partial charge in [-0.25, -0.2) is 4.99 Å². The van der Waals surface area contributed by atoms with Crippen LogP contribution in [0.5, 0.6) is 0 Å². The molecule has 0 atom stereocenters. The highest BCUT2D eigenvalue weighted by atomic mass is 16.4. The van der Waals surface area contributed by atoms with E-state index in [9.17, 15) is 9.59 Å². The SMILES string of the molecule is NC(=NCC(=O)O)NCCCC(=O)O. The summed E-state index contributed by atoms with van der Waals surface area (Å²) in [7, 11) is 0. The molecule has 0 heterocycles. The van der Waals surface area contributed by atoms with Gasteiger partial charge in [-0.15, -0.1) is 0 Å². The van der Waals surface area contributed by atoms with Crippen molar-refractivity contribution in [1.29, 1.82) is 0 Å². The summed E-state index contributed by atoms with van der Waals surface area (Å²) in [6, 6.07) is 0. The van der Waals surface area contributed by atoms with Gasteiger partial charge in [0.2, 0.25) is 0 Å². The number of aliphatic imine (C=N–C) groups is 1. The minimum absolute atomic E-state index is 0.0118. The van der Waals surface area contributed by atoms with Crippen LogP contribution in [0.2, 0.25) is 0 Å². The monoisotopic (exact) mass is 203 g/mol. The van der Waals surface area contributed by atoms with Gasteiger partial charge in [0, 0.05) is 13.0 Å². The molecule has 0 aromatic heterocycles. The van der Waals surface area contributed by atoms with Crippen LogP contribution in [0, 0.1) is 0 Å². The van der Waals surface area contributed by atoms with E-state index in [-0.39, 0.29) is 12.4 Å². The highest BCUT2D eigenvalue weighted by Crippen LogP contribution is 1.85. The predicted molar refractivity (Wildman–Crippen MR) is 49.0 cm³/mol. The van der Waals surface area contributed by atoms with Crippen molar-refractivity contribution in [3.63, 3.8) is 0 Å². The fourth-order valence-electron chi connectivity index (χ4n) is 0.665. The summed E-state index contributed by atoms with van der Waals surface area (Å²) in [6.07, 6.45) is 0.456. The third-order valence-corrected chi connectivity index (χ3v) is 1.26. The Morgan fingerprint density at radius 2 is 1.93 bits per heavy atom. The van der Waals surface area contributed by atoms with Crippen LogP contribution in [0.15, 0.2) is 4.99 Å². The molecule has 0 saturated heterocycles. The second-order valence-electron chi connectivity index (χ2n) is 2.52. The number of carboxylic acids is 2. The van der Waals surface area contributed by atoms with Crippen molar-refractivity contribution >= 4 is 17.9 Å². The van der Waals surface area contributed by atoms with Crippen molar-refractivity contribution in [3.05, 3.63) is 0 Å². The molecule has 0 fully saturated rings. The fraction of sp³-hybridized carbons (Fsp3) is 0.571. The molecule has 14 heavy (non-hydrogen) atoms. The number of aliphatic carboxylic acids is 2. The Bertz CT molecular complexity index is 239. The summed E-state index contributed by atoms with van der Waals surface area (Å²) < 4.78 is 0. The zero-order chi connectivity index (χ0) is 11.0. The van der Waals surface area contributed by atoms with Crippen molar-refractivity contribution < 1.29 is 19.8 Å². The Hall–Kier alpha value is -1.79. The van der Waals surface area contributed by atoms with Gasteiger partial charge < -0.3 is 21.3 Å². The smallest absolute Gasteiger partial charge is 0.325 e. The molecule has 5 N–H and O–H groups in total. The summed E-state index contributed by atoms with van der Waals surface area (Å²) in [6.45, 7) is -0.0288. The van der Waals surface area contributed by atoms with Crippen molar-refractivity contribution in [2.24, 2.45) is 10.7 Å². The summed E-state index contributed by atoms with van der Waals surface area (Å²) in [4.78, 5) is 23.6. The Morgan fingerprint density at radius 1 is 1.29 bits per heavy atom. The number of rotatable bonds is 6. The maximum Gasteiger partial charge on any atom is 0.325 e. The average molecular weight is 203 g/mol. The molecule has 0 amide bonds. The number of nitrogens with two attached hydrogens (primary N) is 1. The molecule has 0 aliphatic carbocycles. The van der Waals surface area contributed by atoms with E-state index in [4.69, 9.17) is 15.9 Å². The van der Waals surface area contributed by atoms with E-state index in [1.54, 1.807) is 0 Å². The van der Waals surface area contributed by atoms with E-state index in [1.807, 2.05) is 0 Å². The van der Waals surface area contributed by atoms with Crippen LogP contribution in [0.3, 0.4) is 0 Å². The average Bonchev–Trinajstić information content (AvgIpc) is 2.08. The van der Waals surface area contributed by atoms with Crippen molar-refractivity contribution in [2.45, 2.75) is 12.8 Å². The second-order valence-corrected chi connectivity index (χ2v) is 2.52. The normalized spacial score (nSPS) is 11.0. The second kappa shape index (κ2) is 6.70. The van der Waals surface area contributed by atoms with Crippen molar-refractivity contribution in [1.82, 2.24) is 5.32 Å². The third-order valence-electron chi connectivity index (χ3n) is 1.26. The fourth-order valence-corrected chi connectivity index (χ4v) is 0.665. The van der Waals surface area contributed by atoms with Crippen LogP contribution in [0.25, 0.3) is 0 Å². The lowest BCUT2D eigenvalue weighted by Gasteiger charge is -2.02. The van der Waals surface area contributed by atoms with E-state index < -0.39 is 18.5 Å². The molecule has 0 aromatic rings. The minimum atomic E-state index is -1.07. The van der Waals surface area contributed by atoms with E-state index in [0.717, 1.165) is 0 Å². The topological polar surface area (TPSA) is 125 Å². The summed E-state index contributed by atoms with van der Waals surface area (Å²) in [5.74, 6) is -1.94. The number of carboxylic acid groups (broad SMARTS) is 2. The first kappa shape index (κ1) is 12.2. The Kier molecular flexibility index (Phi) is 5.84. The van der Waals surface area contributed by atoms with Crippen LogP contribution >= 0.6 is 0 Å². The first-order valence-corrected chi connectivity index (χ1v) is 3.99. The van der Waals surface area contributed by atoms with E-state index in [0.29, 0.717) is 13.0 Å². The summed E-state index contributed by atoms with van der Waals surface area (Å²) in [5, 5.41) is 19.1. The van der Waals surface area contributed by atoms with E-state index in [1.165, 1.54) is 0 Å². The number of nitrogens with zero attached hydrogens (tertiary/aromatic N) is 1. The molecule has 0 aliphatic heterocycles. The molecule has 0 spiro atoms. The standard InChI is InChI=1S/C7H13N3O4/c8-7(10-4-6(13)14)9-3-1-2-5(11)12/h1-4H2,(H,11,12)(H,13,14)(H3,8,9,10). The summed E-state index contributed by atoms with van der Waals surface area (Å²) >= 11 is 0. The molecule has 0 aliphatic rings. The Labute approximate surface area is 80.6 Å². The van der Waals surface area contributed by atoms with Crippen molar-refractivity contribution in [2.75, 3.05) is 13.1 Å². The third kappa shape index (κ3) is 8.31. The molecule has 80 valence electrons. The van der Waals surface area contributed by atoms with Gasteiger partial charge in [0.15, 0.2) is 5.96 Å². The summed E-state index contributed by atoms with van der Waals surface area (Å²) in [5.41, 5.74) is 5.27. The number of hydrogen-bond acceptors (Lipinski definition) is 3. The van der Waals surface area contributed by atoms with Crippen molar-refractivity contribution in [3.8, 4) is 0 Å². The van der Waals surface area contributed by atoms with Crippen LogP contribution in [-0.4, -0.2) is 41.2 Å². The molecule has 7 heteroatoms. The zero-order valence-corrected chi connectivity index (χ0v) is 7.56. The maximum absolute atomic E-state index is 10.1. The highest BCUT2D eigenvalue weighted by Gasteiger charge is 1.97. The van der Waals surface area contributed by atoms with E-state index >= 15 is 0 Å². The van der Waals surface area contributed by atoms with Crippen LogP contribution in [0.1, 0.15) is 12.8 Å². The first-order chi connectivity index (χ1) is 6.52. The molecule has 0 bridgehead atoms. The lowest BCUT2D eigenvalue weighted by molar-refractivity contribution is -0.137. The molecule has 0 rings (SSSR count). The van der Waals surface area contributed by atoms with Crippen LogP contribution in [0.4, 0.5) is 0 Å². The van der Waals surface area contributed by atoms with Gasteiger partial charge in [-0.2, -0.15) is 0 Å². The number of nitrogens with one attached hydrogen (secondary N) is 1. The van der Waals surface area contributed by atoms with Gasteiger partial charge in [-0.3, -0.25) is 9.59 Å². The number of hydrogen-bond donors (Lipinski definition) is 4. The number of guanidine groups is 1. The molecule has 0 radical (unpaired) electrons. The van der Waals surface area contributed by atoms with E-state index in [2.05, 4.69) is 10.3 Å². The molecular formula is C7H13N3O4. The van der Waals surface area contributed by atoms with Gasteiger partial charge in [-0.1, -0.05) is 0 Å². The highest BCUT2D eigenvalue weighted by molar-refractivity contribution is 5.81. The number of carbonyl (C=O) groups is 2. The zero-order valence-electron chi connectivity index (χ0n) is 7.56. The Morgan fingerprint density at radius 3 is 2.43 bits per heavy atom. The first-order valence-electron chi connectivity index (χ1n) is 3.99. The van der Waals surface area contributed by atoms with Gasteiger partial charge in [0.05, 0.1) is 0 Å².